The highest BCUT2D eigenvalue weighted by Gasteiger charge is 2.15. The molecule has 0 atom stereocenters. The number of ether oxygens (including phenoxy) is 1. The summed E-state index contributed by atoms with van der Waals surface area (Å²) in [6.45, 7) is 4.84. The summed E-state index contributed by atoms with van der Waals surface area (Å²) in [7, 11) is 0. The first-order valence-electron chi connectivity index (χ1n) is 7.67. The predicted octanol–water partition coefficient (Wildman–Crippen LogP) is 3.23. The van der Waals surface area contributed by atoms with Crippen LogP contribution in [0.1, 0.15) is 11.1 Å². The molecule has 2 aromatic rings. The average molecular weight is 317 g/mol. The van der Waals surface area contributed by atoms with Gasteiger partial charge in [0.2, 0.25) is 0 Å². The highest BCUT2D eigenvalue weighted by molar-refractivity contribution is 6.30. The van der Waals surface area contributed by atoms with Crippen LogP contribution in [-0.2, 0) is 13.2 Å². The van der Waals surface area contributed by atoms with Crippen LogP contribution in [0.3, 0.4) is 0 Å². The first-order chi connectivity index (χ1) is 10.8. The molecule has 3 rings (SSSR count). The first kappa shape index (κ1) is 15.3. The third kappa shape index (κ3) is 4.47. The van der Waals surface area contributed by atoms with Gasteiger partial charge in [0.15, 0.2) is 0 Å². The Kier molecular flexibility index (Phi) is 5.33. The maximum absolute atomic E-state index is 5.87. The van der Waals surface area contributed by atoms with Gasteiger partial charge in [-0.25, -0.2) is 0 Å². The Bertz CT molecular complexity index is 579. The second kappa shape index (κ2) is 7.63. The summed E-state index contributed by atoms with van der Waals surface area (Å²) in [4.78, 5) is 0. The Morgan fingerprint density at radius 2 is 1.68 bits per heavy atom. The SMILES string of the molecule is Clc1ccc(COc2ccc(CNCC3CNC3)cc2)cc1. The van der Waals surface area contributed by atoms with Gasteiger partial charge in [-0.1, -0.05) is 35.9 Å². The summed E-state index contributed by atoms with van der Waals surface area (Å²) < 4.78 is 5.78. The lowest BCUT2D eigenvalue weighted by Gasteiger charge is -2.27. The van der Waals surface area contributed by atoms with Crippen molar-refractivity contribution in [1.82, 2.24) is 10.6 Å². The number of nitrogens with one attached hydrogen (secondary N) is 2. The Morgan fingerprint density at radius 3 is 2.32 bits per heavy atom. The number of halogens is 1. The fourth-order valence-corrected chi connectivity index (χ4v) is 2.49. The summed E-state index contributed by atoms with van der Waals surface area (Å²) in [5.41, 5.74) is 2.40. The van der Waals surface area contributed by atoms with Gasteiger partial charge >= 0.3 is 0 Å². The molecule has 1 aliphatic rings. The molecule has 116 valence electrons. The van der Waals surface area contributed by atoms with Crippen LogP contribution in [0.4, 0.5) is 0 Å². The van der Waals surface area contributed by atoms with Crippen LogP contribution in [0.15, 0.2) is 48.5 Å². The van der Waals surface area contributed by atoms with Crippen LogP contribution >= 0.6 is 11.6 Å². The van der Waals surface area contributed by atoms with Crippen molar-refractivity contribution in [2.45, 2.75) is 13.2 Å². The minimum Gasteiger partial charge on any atom is -0.489 e. The van der Waals surface area contributed by atoms with Gasteiger partial charge in [0.25, 0.3) is 0 Å². The van der Waals surface area contributed by atoms with E-state index in [1.165, 1.54) is 5.56 Å². The Labute approximate surface area is 136 Å². The second-order valence-corrected chi connectivity index (χ2v) is 6.15. The van der Waals surface area contributed by atoms with Crippen LogP contribution in [0, 0.1) is 5.92 Å². The average Bonchev–Trinajstić information content (AvgIpc) is 2.50. The molecule has 1 heterocycles. The van der Waals surface area contributed by atoms with Crippen LogP contribution in [-0.4, -0.2) is 19.6 Å². The summed E-state index contributed by atoms with van der Waals surface area (Å²) >= 11 is 5.87. The molecule has 4 heteroatoms. The minimum atomic E-state index is 0.559. The molecule has 0 aromatic heterocycles. The largest absolute Gasteiger partial charge is 0.489 e. The van der Waals surface area contributed by atoms with Crippen molar-refractivity contribution < 1.29 is 4.74 Å². The minimum absolute atomic E-state index is 0.559. The van der Waals surface area contributed by atoms with E-state index in [1.807, 2.05) is 36.4 Å². The molecule has 0 bridgehead atoms. The quantitative estimate of drug-likeness (QED) is 0.823. The third-order valence-electron chi connectivity index (χ3n) is 3.87. The Hall–Kier alpha value is -1.55. The second-order valence-electron chi connectivity index (χ2n) is 5.71. The van der Waals surface area contributed by atoms with E-state index in [1.54, 1.807) is 0 Å². The molecule has 0 spiro atoms. The fourth-order valence-electron chi connectivity index (χ4n) is 2.36. The summed E-state index contributed by atoms with van der Waals surface area (Å²) in [5, 5.41) is 7.53. The van der Waals surface area contributed by atoms with Crippen molar-refractivity contribution >= 4 is 11.6 Å². The lowest BCUT2D eigenvalue weighted by molar-refractivity contribution is 0.306. The topological polar surface area (TPSA) is 33.3 Å². The number of hydrogen-bond acceptors (Lipinski definition) is 3. The molecule has 1 aliphatic heterocycles. The smallest absolute Gasteiger partial charge is 0.119 e. The molecule has 2 N–H and O–H groups in total. The van der Waals surface area contributed by atoms with E-state index in [0.717, 1.165) is 48.4 Å². The van der Waals surface area contributed by atoms with Crippen LogP contribution in [0.2, 0.25) is 5.02 Å². The highest BCUT2D eigenvalue weighted by atomic mass is 35.5. The van der Waals surface area contributed by atoms with Crippen LogP contribution < -0.4 is 15.4 Å². The van der Waals surface area contributed by atoms with Gasteiger partial charge in [-0.15, -0.1) is 0 Å². The van der Waals surface area contributed by atoms with Gasteiger partial charge in [-0.3, -0.25) is 0 Å². The van der Waals surface area contributed by atoms with Crippen LogP contribution in [0.25, 0.3) is 0 Å². The van der Waals surface area contributed by atoms with E-state index in [-0.39, 0.29) is 0 Å². The molecule has 1 fully saturated rings. The van der Waals surface area contributed by atoms with Crippen LogP contribution in [0.5, 0.6) is 5.75 Å². The first-order valence-corrected chi connectivity index (χ1v) is 8.05. The summed E-state index contributed by atoms with van der Waals surface area (Å²) in [5.74, 6) is 1.68. The molecule has 3 nitrogen and oxygen atoms in total. The number of benzene rings is 2. The van der Waals surface area contributed by atoms with Crippen molar-refractivity contribution in [2.75, 3.05) is 19.6 Å². The molecular weight excluding hydrogens is 296 g/mol. The highest BCUT2D eigenvalue weighted by Crippen LogP contribution is 2.15. The number of rotatable bonds is 7. The van der Waals surface area contributed by atoms with Gasteiger partial charge in [-0.2, -0.15) is 0 Å². The molecule has 2 aromatic carbocycles. The zero-order valence-corrected chi connectivity index (χ0v) is 13.3. The lowest BCUT2D eigenvalue weighted by Crippen LogP contribution is -2.47. The zero-order valence-electron chi connectivity index (χ0n) is 12.5. The van der Waals surface area contributed by atoms with Crippen molar-refractivity contribution in [2.24, 2.45) is 5.92 Å². The molecule has 1 saturated heterocycles. The van der Waals surface area contributed by atoms with Gasteiger partial charge in [0.05, 0.1) is 0 Å². The van der Waals surface area contributed by atoms with E-state index in [0.29, 0.717) is 6.61 Å². The van der Waals surface area contributed by atoms with E-state index >= 15 is 0 Å². The summed E-state index contributed by atoms with van der Waals surface area (Å²) in [6.07, 6.45) is 0. The van der Waals surface area contributed by atoms with E-state index < -0.39 is 0 Å². The molecule has 0 aliphatic carbocycles. The zero-order chi connectivity index (χ0) is 15.2. The molecule has 0 unspecified atom stereocenters. The van der Waals surface area contributed by atoms with Crippen molar-refractivity contribution in [3.63, 3.8) is 0 Å². The van der Waals surface area contributed by atoms with E-state index in [9.17, 15) is 0 Å². The molecule has 0 saturated carbocycles. The molecular formula is C18H21ClN2O. The van der Waals surface area contributed by atoms with Gasteiger partial charge in [-0.05, 0) is 41.3 Å². The lowest BCUT2D eigenvalue weighted by atomic mass is 10.0. The maximum atomic E-state index is 5.87. The monoisotopic (exact) mass is 316 g/mol. The summed E-state index contributed by atoms with van der Waals surface area (Å²) in [6, 6.07) is 16.0. The molecule has 0 radical (unpaired) electrons. The fraction of sp³-hybridized carbons (Fsp3) is 0.333. The molecule has 0 amide bonds. The van der Waals surface area contributed by atoms with Crippen molar-refractivity contribution in [3.8, 4) is 5.75 Å². The normalized spacial score (nSPS) is 14.6. The number of hydrogen-bond donors (Lipinski definition) is 2. The standard InChI is InChI=1S/C18H21ClN2O/c19-17-5-1-15(2-6-17)13-22-18-7-3-14(4-8-18)9-20-10-16-11-21-12-16/h1-8,16,20-21H,9-13H2. The van der Waals surface area contributed by atoms with Gasteiger partial charge < -0.3 is 15.4 Å². The molecule has 22 heavy (non-hydrogen) atoms. The van der Waals surface area contributed by atoms with Crippen molar-refractivity contribution in [3.05, 3.63) is 64.7 Å². The van der Waals surface area contributed by atoms with Gasteiger partial charge in [0, 0.05) is 31.2 Å². The Balaban J connectivity index is 1.43. The van der Waals surface area contributed by atoms with Gasteiger partial charge in [0.1, 0.15) is 12.4 Å². The third-order valence-corrected chi connectivity index (χ3v) is 4.12. The van der Waals surface area contributed by atoms with E-state index in [2.05, 4.69) is 22.8 Å². The predicted molar refractivity (Wildman–Crippen MR) is 90.3 cm³/mol. The maximum Gasteiger partial charge on any atom is 0.119 e. The van der Waals surface area contributed by atoms with Crippen molar-refractivity contribution in [1.29, 1.82) is 0 Å². The Morgan fingerprint density at radius 1 is 1.00 bits per heavy atom. The van der Waals surface area contributed by atoms with E-state index in [4.69, 9.17) is 16.3 Å².